The Balaban J connectivity index is 1.70. The Morgan fingerprint density at radius 1 is 0.528 bits per heavy atom. The van der Waals surface area contributed by atoms with E-state index in [-0.39, 0.29) is 12.1 Å². The molecule has 0 aromatic heterocycles. The van der Waals surface area contributed by atoms with Gasteiger partial charge < -0.3 is 5.32 Å². The molecule has 5 aromatic rings. The Morgan fingerprint density at radius 2 is 1.00 bits per heavy atom. The van der Waals surface area contributed by atoms with Crippen LogP contribution >= 0.6 is 11.6 Å². The van der Waals surface area contributed by atoms with E-state index in [4.69, 9.17) is 16.6 Å². The summed E-state index contributed by atoms with van der Waals surface area (Å²) in [7, 11) is 0. The van der Waals surface area contributed by atoms with Gasteiger partial charge in [-0.05, 0) is 35.4 Å². The average Bonchev–Trinajstić information content (AvgIpc) is 2.95. The molecule has 5 rings (SSSR count). The van der Waals surface area contributed by atoms with Crippen LogP contribution in [0.5, 0.6) is 0 Å². The van der Waals surface area contributed by atoms with E-state index >= 15 is 0 Å². The van der Waals surface area contributed by atoms with Crippen LogP contribution in [0.3, 0.4) is 0 Å². The van der Waals surface area contributed by atoms with Crippen molar-refractivity contribution in [2.45, 2.75) is 12.1 Å². The number of aliphatic imine (C=N–C) groups is 1. The third-order valence-electron chi connectivity index (χ3n) is 6.14. The standard InChI is InChI=1S/C33H27ClN2/c34-29-23-21-28(22-24-29)32(35-30-19-11-4-12-20-30)33(27-17-9-3-10-18-27)36-31(25-13-5-1-6-14-25)26-15-7-2-8-16-26/h1-24,32-33,35H. The molecule has 5 aromatic carbocycles. The van der Waals surface area contributed by atoms with Gasteiger partial charge in [0.05, 0.1) is 17.8 Å². The number of halogens is 1. The van der Waals surface area contributed by atoms with Crippen molar-refractivity contribution in [1.82, 2.24) is 0 Å². The Labute approximate surface area is 218 Å². The van der Waals surface area contributed by atoms with Crippen LogP contribution in [0.2, 0.25) is 5.02 Å². The zero-order chi connectivity index (χ0) is 24.6. The molecule has 176 valence electrons. The van der Waals surface area contributed by atoms with E-state index in [0.29, 0.717) is 5.02 Å². The van der Waals surface area contributed by atoms with Gasteiger partial charge in [-0.25, -0.2) is 0 Å². The first kappa shape index (κ1) is 23.6. The smallest absolute Gasteiger partial charge is 0.0999 e. The van der Waals surface area contributed by atoms with Crippen molar-refractivity contribution < 1.29 is 0 Å². The number of hydrogen-bond donors (Lipinski definition) is 1. The fourth-order valence-electron chi connectivity index (χ4n) is 4.37. The minimum Gasteiger partial charge on any atom is -0.376 e. The van der Waals surface area contributed by atoms with E-state index in [9.17, 15) is 0 Å². The van der Waals surface area contributed by atoms with Crippen molar-refractivity contribution in [3.8, 4) is 0 Å². The SMILES string of the molecule is Clc1ccc(C(Nc2ccccc2)C(N=C(c2ccccc2)c2ccccc2)c2ccccc2)cc1. The molecule has 36 heavy (non-hydrogen) atoms. The second-order valence-electron chi connectivity index (χ2n) is 8.60. The van der Waals surface area contributed by atoms with E-state index in [2.05, 4.69) is 102 Å². The highest BCUT2D eigenvalue weighted by Crippen LogP contribution is 2.37. The molecule has 0 aliphatic heterocycles. The van der Waals surface area contributed by atoms with Gasteiger partial charge >= 0.3 is 0 Å². The number of para-hydroxylation sites is 1. The highest BCUT2D eigenvalue weighted by Gasteiger charge is 2.26. The van der Waals surface area contributed by atoms with Gasteiger partial charge in [-0.15, -0.1) is 0 Å². The van der Waals surface area contributed by atoms with E-state index < -0.39 is 0 Å². The molecular weight excluding hydrogens is 460 g/mol. The fourth-order valence-corrected chi connectivity index (χ4v) is 4.49. The molecule has 0 saturated heterocycles. The van der Waals surface area contributed by atoms with Crippen LogP contribution in [-0.2, 0) is 0 Å². The normalized spacial score (nSPS) is 12.4. The summed E-state index contributed by atoms with van der Waals surface area (Å²) in [6.45, 7) is 0. The summed E-state index contributed by atoms with van der Waals surface area (Å²) in [6, 6.07) is 49.3. The summed E-state index contributed by atoms with van der Waals surface area (Å²) >= 11 is 6.27. The molecule has 0 fully saturated rings. The molecule has 0 radical (unpaired) electrons. The molecule has 2 unspecified atom stereocenters. The van der Waals surface area contributed by atoms with Crippen LogP contribution in [0.15, 0.2) is 151 Å². The predicted octanol–water partition coefficient (Wildman–Crippen LogP) is 8.77. The van der Waals surface area contributed by atoms with Gasteiger partial charge in [0.1, 0.15) is 0 Å². The highest BCUT2D eigenvalue weighted by atomic mass is 35.5. The Hall–Kier alpha value is -4.14. The van der Waals surface area contributed by atoms with Crippen molar-refractivity contribution >= 4 is 23.0 Å². The van der Waals surface area contributed by atoms with Gasteiger partial charge in [0.2, 0.25) is 0 Å². The minimum absolute atomic E-state index is 0.130. The summed E-state index contributed by atoms with van der Waals surface area (Å²) in [5.74, 6) is 0. The number of hydrogen-bond acceptors (Lipinski definition) is 2. The van der Waals surface area contributed by atoms with Crippen LogP contribution in [0.4, 0.5) is 5.69 Å². The first-order valence-electron chi connectivity index (χ1n) is 12.1. The van der Waals surface area contributed by atoms with Gasteiger partial charge in [0.25, 0.3) is 0 Å². The zero-order valence-corrected chi connectivity index (χ0v) is 20.6. The summed E-state index contributed by atoms with van der Waals surface area (Å²) in [4.78, 5) is 5.50. The van der Waals surface area contributed by atoms with Crippen LogP contribution in [-0.4, -0.2) is 5.71 Å². The maximum atomic E-state index is 6.27. The summed E-state index contributed by atoms with van der Waals surface area (Å²) in [5.41, 5.74) is 6.40. The molecule has 0 aliphatic rings. The summed E-state index contributed by atoms with van der Waals surface area (Å²) in [6.07, 6.45) is 0. The van der Waals surface area contributed by atoms with Crippen molar-refractivity contribution in [2.24, 2.45) is 4.99 Å². The second kappa shape index (κ2) is 11.5. The monoisotopic (exact) mass is 486 g/mol. The number of benzene rings is 5. The Kier molecular flexibility index (Phi) is 7.55. The fraction of sp³-hybridized carbons (Fsp3) is 0.0606. The lowest BCUT2D eigenvalue weighted by molar-refractivity contribution is 0.613. The number of anilines is 1. The molecule has 1 N–H and O–H groups in total. The second-order valence-corrected chi connectivity index (χ2v) is 9.04. The number of nitrogens with zero attached hydrogens (tertiary/aromatic N) is 1. The maximum Gasteiger partial charge on any atom is 0.0999 e. The van der Waals surface area contributed by atoms with Crippen LogP contribution in [0.1, 0.15) is 34.3 Å². The van der Waals surface area contributed by atoms with Gasteiger partial charge in [-0.2, -0.15) is 0 Å². The van der Waals surface area contributed by atoms with Gasteiger partial charge in [-0.3, -0.25) is 4.99 Å². The van der Waals surface area contributed by atoms with Crippen LogP contribution in [0.25, 0.3) is 0 Å². The van der Waals surface area contributed by atoms with Crippen molar-refractivity contribution in [3.05, 3.63) is 173 Å². The molecule has 0 amide bonds. The molecule has 0 aliphatic carbocycles. The van der Waals surface area contributed by atoms with E-state index in [1.54, 1.807) is 0 Å². The van der Waals surface area contributed by atoms with Gasteiger partial charge in [0.15, 0.2) is 0 Å². The lowest BCUT2D eigenvalue weighted by Crippen LogP contribution is -2.20. The summed E-state index contributed by atoms with van der Waals surface area (Å²) < 4.78 is 0. The molecule has 0 saturated carbocycles. The third-order valence-corrected chi connectivity index (χ3v) is 6.40. The highest BCUT2D eigenvalue weighted by molar-refractivity contribution is 6.30. The van der Waals surface area contributed by atoms with Crippen molar-refractivity contribution in [1.29, 1.82) is 0 Å². The molecule has 2 nitrogen and oxygen atoms in total. The Morgan fingerprint density at radius 3 is 1.53 bits per heavy atom. The van der Waals surface area contributed by atoms with Crippen molar-refractivity contribution in [2.75, 3.05) is 5.32 Å². The Bertz CT molecular complexity index is 1340. The first-order chi connectivity index (χ1) is 17.8. The molecule has 2 atom stereocenters. The van der Waals surface area contributed by atoms with Crippen LogP contribution in [0, 0.1) is 0 Å². The van der Waals surface area contributed by atoms with Gasteiger partial charge in [0, 0.05) is 21.8 Å². The molecule has 0 bridgehead atoms. The molecule has 3 heteroatoms. The zero-order valence-electron chi connectivity index (χ0n) is 19.8. The molecular formula is C33H27ClN2. The third kappa shape index (κ3) is 5.73. The average molecular weight is 487 g/mol. The first-order valence-corrected chi connectivity index (χ1v) is 12.5. The lowest BCUT2D eigenvalue weighted by atomic mass is 9.92. The van der Waals surface area contributed by atoms with Crippen molar-refractivity contribution in [3.63, 3.8) is 0 Å². The van der Waals surface area contributed by atoms with E-state index in [1.165, 1.54) is 0 Å². The van der Waals surface area contributed by atoms with E-state index in [0.717, 1.165) is 33.7 Å². The number of rotatable bonds is 8. The van der Waals surface area contributed by atoms with E-state index in [1.807, 2.05) is 48.5 Å². The molecule has 0 heterocycles. The lowest BCUT2D eigenvalue weighted by Gasteiger charge is -2.28. The predicted molar refractivity (Wildman–Crippen MR) is 152 cm³/mol. The quantitative estimate of drug-likeness (QED) is 0.218. The maximum absolute atomic E-state index is 6.27. The van der Waals surface area contributed by atoms with Crippen LogP contribution < -0.4 is 5.32 Å². The topological polar surface area (TPSA) is 24.4 Å². The molecule has 0 spiro atoms. The number of nitrogens with one attached hydrogen (secondary N) is 1. The van der Waals surface area contributed by atoms with Gasteiger partial charge in [-0.1, -0.05) is 133 Å². The minimum atomic E-state index is -0.206. The summed E-state index contributed by atoms with van der Waals surface area (Å²) in [5, 5.41) is 4.49. The largest absolute Gasteiger partial charge is 0.376 e.